The summed E-state index contributed by atoms with van der Waals surface area (Å²) in [6, 6.07) is 27.3. The standard InChI is InChI=1S/C26H27N3O2S.ClH/c1-20(29-32(30,31)25-13-12-24-18-27-15-14-23(24)16-25)17-28-19-26(21-8-4-2-5-9-21)22-10-6-3-7-11-22;/h2-16,18,20,26,28-29H,17,19H2,1H3;1H/t20-;/m1./s1. The van der Waals surface area contributed by atoms with E-state index in [-0.39, 0.29) is 29.3 Å². The van der Waals surface area contributed by atoms with E-state index in [0.29, 0.717) is 13.1 Å². The maximum absolute atomic E-state index is 12.9. The van der Waals surface area contributed by atoms with Crippen molar-refractivity contribution in [2.24, 2.45) is 0 Å². The Morgan fingerprint density at radius 3 is 2.09 bits per heavy atom. The Morgan fingerprint density at radius 2 is 1.45 bits per heavy atom. The fourth-order valence-electron chi connectivity index (χ4n) is 3.85. The number of aromatic nitrogens is 1. The molecule has 0 aliphatic heterocycles. The minimum Gasteiger partial charge on any atom is -0.314 e. The van der Waals surface area contributed by atoms with Crippen LogP contribution in [0.15, 0.2) is 102 Å². The predicted molar refractivity (Wildman–Crippen MR) is 136 cm³/mol. The highest BCUT2D eigenvalue weighted by molar-refractivity contribution is 7.89. The largest absolute Gasteiger partial charge is 0.314 e. The Morgan fingerprint density at radius 1 is 0.818 bits per heavy atom. The first-order valence-corrected chi connectivity index (χ1v) is 12.2. The summed E-state index contributed by atoms with van der Waals surface area (Å²) in [7, 11) is -3.62. The summed E-state index contributed by atoms with van der Waals surface area (Å²) in [5.74, 6) is 0.190. The van der Waals surface area contributed by atoms with Gasteiger partial charge in [-0.1, -0.05) is 66.7 Å². The number of rotatable bonds is 9. The van der Waals surface area contributed by atoms with Gasteiger partial charge in [0.1, 0.15) is 0 Å². The van der Waals surface area contributed by atoms with Crippen LogP contribution >= 0.6 is 12.4 Å². The maximum Gasteiger partial charge on any atom is 0.240 e. The molecule has 2 N–H and O–H groups in total. The Hall–Kier alpha value is -2.77. The van der Waals surface area contributed by atoms with Crippen molar-refractivity contribution in [2.45, 2.75) is 23.8 Å². The molecule has 1 aromatic heterocycles. The molecule has 1 atom stereocenters. The van der Waals surface area contributed by atoms with Crippen LogP contribution in [0.1, 0.15) is 24.0 Å². The molecule has 1 heterocycles. The van der Waals surface area contributed by atoms with Crippen molar-refractivity contribution in [1.82, 2.24) is 15.0 Å². The fraction of sp³-hybridized carbons (Fsp3) is 0.192. The molecule has 0 unspecified atom stereocenters. The molecule has 5 nitrogen and oxygen atoms in total. The van der Waals surface area contributed by atoms with Gasteiger partial charge in [0.25, 0.3) is 0 Å². The van der Waals surface area contributed by atoms with Gasteiger partial charge in [0, 0.05) is 42.8 Å². The number of fused-ring (bicyclic) bond motifs is 1. The van der Waals surface area contributed by atoms with Crippen LogP contribution in [0.2, 0.25) is 0 Å². The zero-order valence-corrected chi connectivity index (χ0v) is 20.0. The van der Waals surface area contributed by atoms with Crippen molar-refractivity contribution >= 4 is 33.2 Å². The Bertz CT molecular complexity index is 1230. The molecule has 0 bridgehead atoms. The summed E-state index contributed by atoms with van der Waals surface area (Å²) < 4.78 is 28.5. The van der Waals surface area contributed by atoms with E-state index in [0.717, 1.165) is 10.8 Å². The summed E-state index contributed by atoms with van der Waals surface area (Å²) >= 11 is 0. The molecular formula is C26H28ClN3O2S. The van der Waals surface area contributed by atoms with E-state index in [4.69, 9.17) is 0 Å². The number of hydrogen-bond acceptors (Lipinski definition) is 4. The normalized spacial score (nSPS) is 12.4. The predicted octanol–water partition coefficient (Wildman–Crippen LogP) is 4.75. The maximum atomic E-state index is 12.9. The molecule has 0 saturated heterocycles. The van der Waals surface area contributed by atoms with Gasteiger partial charge in [-0.2, -0.15) is 0 Å². The average molecular weight is 482 g/mol. The number of nitrogens with one attached hydrogen (secondary N) is 2. The lowest BCUT2D eigenvalue weighted by molar-refractivity contribution is 0.529. The zero-order chi connectivity index (χ0) is 22.4. The lowest BCUT2D eigenvalue weighted by Crippen LogP contribution is -2.41. The Balaban J connectivity index is 0.00000306. The molecule has 3 aromatic carbocycles. The van der Waals surface area contributed by atoms with Gasteiger partial charge in [0.05, 0.1) is 4.90 Å². The molecule has 0 radical (unpaired) electrons. The van der Waals surface area contributed by atoms with E-state index in [1.807, 2.05) is 49.4 Å². The molecule has 4 rings (SSSR count). The molecule has 33 heavy (non-hydrogen) atoms. The molecule has 0 saturated carbocycles. The molecule has 7 heteroatoms. The summed E-state index contributed by atoms with van der Waals surface area (Å²) in [4.78, 5) is 4.33. The highest BCUT2D eigenvalue weighted by Gasteiger charge is 2.19. The van der Waals surface area contributed by atoms with Crippen molar-refractivity contribution in [1.29, 1.82) is 0 Å². The number of hydrogen-bond donors (Lipinski definition) is 2. The van der Waals surface area contributed by atoms with Crippen LogP contribution in [0.25, 0.3) is 10.8 Å². The van der Waals surface area contributed by atoms with E-state index >= 15 is 0 Å². The summed E-state index contributed by atoms with van der Waals surface area (Å²) in [5, 5.41) is 5.21. The van der Waals surface area contributed by atoms with Crippen LogP contribution in [0.5, 0.6) is 0 Å². The first-order chi connectivity index (χ1) is 15.5. The molecule has 0 spiro atoms. The van der Waals surface area contributed by atoms with Crippen LogP contribution in [0, 0.1) is 0 Å². The number of sulfonamides is 1. The third-order valence-electron chi connectivity index (χ3n) is 5.48. The molecule has 0 aliphatic rings. The van der Waals surface area contributed by atoms with Gasteiger partial charge >= 0.3 is 0 Å². The van der Waals surface area contributed by atoms with Gasteiger partial charge in [0.15, 0.2) is 0 Å². The Kier molecular flexibility index (Phi) is 8.58. The first-order valence-electron chi connectivity index (χ1n) is 10.7. The SMILES string of the molecule is C[C@H](CNCC(c1ccccc1)c1ccccc1)NS(=O)(=O)c1ccc2cnccc2c1.Cl. The molecule has 4 aromatic rings. The molecule has 0 aliphatic carbocycles. The van der Waals surface area contributed by atoms with Crippen molar-refractivity contribution in [3.8, 4) is 0 Å². The molecular weight excluding hydrogens is 454 g/mol. The highest BCUT2D eigenvalue weighted by Crippen LogP contribution is 2.23. The van der Waals surface area contributed by atoms with E-state index in [1.54, 1.807) is 30.6 Å². The second-order valence-corrected chi connectivity index (χ2v) is 9.65. The van der Waals surface area contributed by atoms with Gasteiger partial charge in [-0.05, 0) is 41.6 Å². The van der Waals surface area contributed by atoms with Crippen molar-refractivity contribution in [3.63, 3.8) is 0 Å². The van der Waals surface area contributed by atoms with Crippen molar-refractivity contribution < 1.29 is 8.42 Å². The minimum absolute atomic E-state index is 0. The average Bonchev–Trinajstić information content (AvgIpc) is 2.82. The lowest BCUT2D eigenvalue weighted by atomic mass is 9.91. The lowest BCUT2D eigenvalue weighted by Gasteiger charge is -2.21. The smallest absolute Gasteiger partial charge is 0.240 e. The monoisotopic (exact) mass is 481 g/mol. The van der Waals surface area contributed by atoms with E-state index in [9.17, 15) is 8.42 Å². The van der Waals surface area contributed by atoms with Crippen molar-refractivity contribution in [2.75, 3.05) is 13.1 Å². The zero-order valence-electron chi connectivity index (χ0n) is 18.4. The van der Waals surface area contributed by atoms with Crippen LogP contribution in [-0.4, -0.2) is 32.5 Å². The third kappa shape index (κ3) is 6.39. The van der Waals surface area contributed by atoms with Crippen LogP contribution < -0.4 is 10.0 Å². The topological polar surface area (TPSA) is 71.1 Å². The minimum atomic E-state index is -3.62. The molecule has 172 valence electrons. The summed E-state index contributed by atoms with van der Waals surface area (Å²) in [6.07, 6.45) is 3.39. The Labute approximate surface area is 201 Å². The van der Waals surface area contributed by atoms with E-state index < -0.39 is 10.0 Å². The van der Waals surface area contributed by atoms with Gasteiger partial charge in [-0.15, -0.1) is 12.4 Å². The van der Waals surface area contributed by atoms with Gasteiger partial charge in [-0.3, -0.25) is 4.98 Å². The van der Waals surface area contributed by atoms with Crippen LogP contribution in [0.4, 0.5) is 0 Å². The second-order valence-electron chi connectivity index (χ2n) is 7.94. The van der Waals surface area contributed by atoms with Gasteiger partial charge in [0.2, 0.25) is 10.0 Å². The van der Waals surface area contributed by atoms with Crippen molar-refractivity contribution in [3.05, 3.63) is 108 Å². The van der Waals surface area contributed by atoms with E-state index in [2.05, 4.69) is 39.3 Å². The van der Waals surface area contributed by atoms with Gasteiger partial charge < -0.3 is 5.32 Å². The summed E-state index contributed by atoms with van der Waals surface area (Å²) in [5.41, 5.74) is 2.45. The summed E-state index contributed by atoms with van der Waals surface area (Å²) in [6.45, 7) is 3.10. The third-order valence-corrected chi connectivity index (χ3v) is 7.07. The van der Waals surface area contributed by atoms with Crippen LogP contribution in [-0.2, 0) is 10.0 Å². The highest BCUT2D eigenvalue weighted by atomic mass is 35.5. The molecule has 0 fully saturated rings. The number of nitrogens with zero attached hydrogens (tertiary/aromatic N) is 1. The number of halogens is 1. The first kappa shape index (κ1) is 24.9. The van der Waals surface area contributed by atoms with Crippen LogP contribution in [0.3, 0.4) is 0 Å². The second kappa shape index (κ2) is 11.4. The number of benzene rings is 3. The van der Waals surface area contributed by atoms with E-state index in [1.165, 1.54) is 11.1 Å². The number of pyridine rings is 1. The molecule has 0 amide bonds. The van der Waals surface area contributed by atoms with Gasteiger partial charge in [-0.25, -0.2) is 13.1 Å². The quantitative estimate of drug-likeness (QED) is 0.362. The fourth-order valence-corrected chi connectivity index (χ4v) is 5.12.